The second kappa shape index (κ2) is 7.62. The SMILES string of the molecule is CN(Cc1cnn(C)c1)C(=O)C1CC(COc2ccccc2F)NN1. The summed E-state index contributed by atoms with van der Waals surface area (Å²) in [7, 11) is 3.61. The number of hydrogen-bond donors (Lipinski definition) is 2. The Bertz CT molecular complexity index is 735. The zero-order chi connectivity index (χ0) is 17.8. The van der Waals surface area contributed by atoms with E-state index in [2.05, 4.69) is 16.0 Å². The van der Waals surface area contributed by atoms with Crippen molar-refractivity contribution in [3.63, 3.8) is 0 Å². The second-order valence-electron chi connectivity index (χ2n) is 6.23. The lowest BCUT2D eigenvalue weighted by Gasteiger charge is -2.20. The number of likely N-dealkylation sites (N-methyl/N-ethyl adjacent to an activating group) is 1. The van der Waals surface area contributed by atoms with E-state index < -0.39 is 5.82 Å². The fourth-order valence-corrected chi connectivity index (χ4v) is 2.82. The number of carbonyl (C=O) groups excluding carboxylic acids is 1. The Labute approximate surface area is 145 Å². The summed E-state index contributed by atoms with van der Waals surface area (Å²) in [6, 6.07) is 5.87. The summed E-state index contributed by atoms with van der Waals surface area (Å²) < 4.78 is 20.8. The average Bonchev–Trinajstić information content (AvgIpc) is 3.22. The van der Waals surface area contributed by atoms with Gasteiger partial charge in [0, 0.05) is 32.4 Å². The van der Waals surface area contributed by atoms with Crippen molar-refractivity contribution in [1.29, 1.82) is 0 Å². The number of aryl methyl sites for hydroxylation is 1. The molecule has 2 heterocycles. The lowest BCUT2D eigenvalue weighted by Crippen LogP contribution is -2.44. The molecular formula is C17H22FN5O2. The van der Waals surface area contributed by atoms with Crippen LogP contribution in [-0.2, 0) is 18.4 Å². The first-order valence-corrected chi connectivity index (χ1v) is 8.14. The number of halogens is 1. The average molecular weight is 347 g/mol. The van der Waals surface area contributed by atoms with E-state index in [-0.39, 0.29) is 30.3 Å². The maximum Gasteiger partial charge on any atom is 0.241 e. The minimum atomic E-state index is -0.391. The van der Waals surface area contributed by atoms with Gasteiger partial charge in [-0.15, -0.1) is 0 Å². The van der Waals surface area contributed by atoms with E-state index in [0.717, 1.165) is 5.56 Å². The summed E-state index contributed by atoms with van der Waals surface area (Å²) in [6.45, 7) is 0.783. The molecule has 0 bridgehead atoms. The van der Waals surface area contributed by atoms with Gasteiger partial charge in [0.2, 0.25) is 5.91 Å². The first kappa shape index (κ1) is 17.4. The maximum absolute atomic E-state index is 13.6. The van der Waals surface area contributed by atoms with Crippen LogP contribution >= 0.6 is 0 Å². The number of carbonyl (C=O) groups is 1. The fraction of sp³-hybridized carbons (Fsp3) is 0.412. The molecule has 2 atom stereocenters. The molecule has 2 N–H and O–H groups in total. The van der Waals surface area contributed by atoms with Crippen molar-refractivity contribution in [2.45, 2.75) is 25.0 Å². The zero-order valence-corrected chi connectivity index (χ0v) is 14.3. The van der Waals surface area contributed by atoms with Crippen LogP contribution in [0.15, 0.2) is 36.7 Å². The number of amides is 1. The highest BCUT2D eigenvalue weighted by atomic mass is 19.1. The lowest BCUT2D eigenvalue weighted by atomic mass is 10.1. The topological polar surface area (TPSA) is 71.4 Å². The number of hydrazine groups is 1. The molecule has 1 aromatic heterocycles. The zero-order valence-electron chi connectivity index (χ0n) is 14.3. The van der Waals surface area contributed by atoms with Crippen molar-refractivity contribution >= 4 is 5.91 Å². The van der Waals surface area contributed by atoms with Gasteiger partial charge in [-0.2, -0.15) is 5.10 Å². The van der Waals surface area contributed by atoms with Gasteiger partial charge in [-0.25, -0.2) is 9.82 Å². The summed E-state index contributed by atoms with van der Waals surface area (Å²) in [5.41, 5.74) is 7.01. The van der Waals surface area contributed by atoms with Crippen LogP contribution in [0.1, 0.15) is 12.0 Å². The lowest BCUT2D eigenvalue weighted by molar-refractivity contribution is -0.132. The molecule has 0 saturated carbocycles. The van der Waals surface area contributed by atoms with E-state index in [1.165, 1.54) is 6.07 Å². The molecule has 0 spiro atoms. The number of nitrogens with zero attached hydrogens (tertiary/aromatic N) is 3. The van der Waals surface area contributed by atoms with Crippen molar-refractivity contribution in [3.8, 4) is 5.75 Å². The van der Waals surface area contributed by atoms with Crippen molar-refractivity contribution < 1.29 is 13.9 Å². The number of ether oxygens (including phenoxy) is 1. The molecule has 0 radical (unpaired) electrons. The quantitative estimate of drug-likeness (QED) is 0.810. The molecule has 134 valence electrons. The number of para-hydroxylation sites is 1. The standard InChI is InChI=1S/C17H22FN5O2/c1-22(9-12-8-19-23(2)10-12)17(24)15-7-13(20-21-15)11-25-16-6-4-3-5-14(16)18/h3-6,8,10,13,15,20-21H,7,9,11H2,1-2H3. The number of hydrogen-bond acceptors (Lipinski definition) is 5. The fourth-order valence-electron chi connectivity index (χ4n) is 2.82. The van der Waals surface area contributed by atoms with E-state index in [9.17, 15) is 9.18 Å². The number of rotatable bonds is 6. The van der Waals surface area contributed by atoms with E-state index in [4.69, 9.17) is 4.74 Å². The third-order valence-electron chi connectivity index (χ3n) is 4.11. The van der Waals surface area contributed by atoms with Crippen LogP contribution in [0, 0.1) is 5.82 Å². The summed E-state index contributed by atoms with van der Waals surface area (Å²) in [4.78, 5) is 14.2. The van der Waals surface area contributed by atoms with Crippen molar-refractivity contribution in [3.05, 3.63) is 48.0 Å². The third-order valence-corrected chi connectivity index (χ3v) is 4.11. The molecular weight excluding hydrogens is 325 g/mol. The largest absolute Gasteiger partial charge is 0.489 e. The van der Waals surface area contributed by atoms with Gasteiger partial charge in [0.1, 0.15) is 12.6 Å². The molecule has 1 amide bonds. The summed E-state index contributed by atoms with van der Waals surface area (Å²) in [5.74, 6) is -0.185. The summed E-state index contributed by atoms with van der Waals surface area (Å²) in [6.07, 6.45) is 4.20. The highest BCUT2D eigenvalue weighted by Gasteiger charge is 2.31. The van der Waals surface area contributed by atoms with Gasteiger partial charge in [0.25, 0.3) is 0 Å². The predicted octanol–water partition coefficient (Wildman–Crippen LogP) is 0.832. The van der Waals surface area contributed by atoms with Crippen molar-refractivity contribution in [2.24, 2.45) is 7.05 Å². The van der Waals surface area contributed by atoms with E-state index >= 15 is 0 Å². The van der Waals surface area contributed by atoms with Crippen LogP contribution in [0.4, 0.5) is 4.39 Å². The Morgan fingerprint density at radius 3 is 2.96 bits per heavy atom. The Balaban J connectivity index is 1.48. The monoisotopic (exact) mass is 347 g/mol. The second-order valence-corrected chi connectivity index (χ2v) is 6.23. The van der Waals surface area contributed by atoms with Gasteiger partial charge in [-0.05, 0) is 18.6 Å². The van der Waals surface area contributed by atoms with E-state index in [0.29, 0.717) is 13.0 Å². The maximum atomic E-state index is 13.6. The summed E-state index contributed by atoms with van der Waals surface area (Å²) >= 11 is 0. The van der Waals surface area contributed by atoms with Crippen molar-refractivity contribution in [2.75, 3.05) is 13.7 Å². The van der Waals surface area contributed by atoms with Gasteiger partial charge < -0.3 is 9.64 Å². The smallest absolute Gasteiger partial charge is 0.241 e. The van der Waals surface area contributed by atoms with Crippen LogP contribution in [0.25, 0.3) is 0 Å². The number of aromatic nitrogens is 2. The Hall–Kier alpha value is -2.45. The van der Waals surface area contributed by atoms with Gasteiger partial charge >= 0.3 is 0 Å². The van der Waals surface area contributed by atoms with Crippen LogP contribution < -0.4 is 15.6 Å². The van der Waals surface area contributed by atoms with Gasteiger partial charge in [0.05, 0.1) is 12.2 Å². The number of benzene rings is 1. The molecule has 7 nitrogen and oxygen atoms in total. The molecule has 8 heteroatoms. The molecule has 25 heavy (non-hydrogen) atoms. The van der Waals surface area contributed by atoms with Crippen LogP contribution in [0.2, 0.25) is 0 Å². The Morgan fingerprint density at radius 1 is 1.44 bits per heavy atom. The summed E-state index contributed by atoms with van der Waals surface area (Å²) in [5, 5.41) is 4.10. The normalized spacial score (nSPS) is 19.8. The minimum Gasteiger partial charge on any atom is -0.489 e. The van der Waals surface area contributed by atoms with Gasteiger partial charge in [0.15, 0.2) is 11.6 Å². The van der Waals surface area contributed by atoms with E-state index in [1.807, 2.05) is 13.2 Å². The van der Waals surface area contributed by atoms with E-state index in [1.54, 1.807) is 41.0 Å². The molecule has 1 fully saturated rings. The highest BCUT2D eigenvalue weighted by molar-refractivity contribution is 5.81. The highest BCUT2D eigenvalue weighted by Crippen LogP contribution is 2.17. The first-order chi connectivity index (χ1) is 12.0. The first-order valence-electron chi connectivity index (χ1n) is 8.14. The predicted molar refractivity (Wildman–Crippen MR) is 90.0 cm³/mol. The van der Waals surface area contributed by atoms with Gasteiger partial charge in [-0.1, -0.05) is 12.1 Å². The molecule has 1 saturated heterocycles. The number of nitrogens with one attached hydrogen (secondary N) is 2. The van der Waals surface area contributed by atoms with Crippen LogP contribution in [0.5, 0.6) is 5.75 Å². The van der Waals surface area contributed by atoms with Crippen molar-refractivity contribution in [1.82, 2.24) is 25.5 Å². The third kappa shape index (κ3) is 4.34. The van der Waals surface area contributed by atoms with Crippen LogP contribution in [-0.4, -0.2) is 46.3 Å². The molecule has 0 aliphatic carbocycles. The molecule has 3 rings (SSSR count). The van der Waals surface area contributed by atoms with Gasteiger partial charge in [-0.3, -0.25) is 14.9 Å². The minimum absolute atomic E-state index is 0.00950. The molecule has 1 aliphatic heterocycles. The molecule has 1 aliphatic rings. The Morgan fingerprint density at radius 2 is 2.24 bits per heavy atom. The Kier molecular flexibility index (Phi) is 5.30. The molecule has 2 aromatic rings. The molecule has 1 aromatic carbocycles. The molecule has 2 unspecified atom stereocenters. The van der Waals surface area contributed by atoms with Crippen LogP contribution in [0.3, 0.4) is 0 Å².